The summed E-state index contributed by atoms with van der Waals surface area (Å²) < 4.78 is 38.8. The Balaban J connectivity index is 0.00000337. The quantitative estimate of drug-likeness (QED) is 0.270. The maximum Gasteiger partial charge on any atom is 0.273 e. The van der Waals surface area contributed by atoms with Gasteiger partial charge < -0.3 is 14.5 Å². The van der Waals surface area contributed by atoms with Crippen molar-refractivity contribution >= 4 is 62.1 Å². The third-order valence-corrected chi connectivity index (χ3v) is 10.3. The minimum absolute atomic E-state index is 0. The Kier molecular flexibility index (Phi) is 7.94. The molecule has 4 heterocycles. The molecule has 1 saturated carbocycles. The second-order valence-corrected chi connectivity index (χ2v) is 13.3. The van der Waals surface area contributed by atoms with Crippen LogP contribution in [0.4, 0.5) is 11.4 Å². The van der Waals surface area contributed by atoms with Gasteiger partial charge in [-0.2, -0.15) is 4.37 Å². The number of halogens is 1. The smallest absolute Gasteiger partial charge is 0.273 e. The van der Waals surface area contributed by atoms with Crippen LogP contribution in [0.3, 0.4) is 0 Å². The molecule has 41 heavy (non-hydrogen) atoms. The van der Waals surface area contributed by atoms with Crippen LogP contribution in [0.1, 0.15) is 31.2 Å². The van der Waals surface area contributed by atoms with E-state index in [1.807, 2.05) is 39.3 Å². The number of nitrogens with zero attached hydrogens (tertiary/aromatic N) is 5. The van der Waals surface area contributed by atoms with Crippen molar-refractivity contribution in [2.24, 2.45) is 0 Å². The number of anilines is 2. The summed E-state index contributed by atoms with van der Waals surface area (Å²) in [6.07, 6.45) is 8.36. The number of nitrogens with one attached hydrogen (secondary N) is 1. The number of fused-ring (bicyclic) bond motifs is 4. The Labute approximate surface area is 249 Å². The summed E-state index contributed by atoms with van der Waals surface area (Å²) in [5, 5.41) is 0.934. The molecular formula is C28H31ClN6O4S2. The Bertz CT molecular complexity index is 1710. The van der Waals surface area contributed by atoms with Gasteiger partial charge in [-0.3, -0.25) is 14.5 Å². The molecule has 1 aliphatic carbocycles. The van der Waals surface area contributed by atoms with E-state index >= 15 is 0 Å². The van der Waals surface area contributed by atoms with Crippen LogP contribution in [0.15, 0.2) is 53.1 Å². The number of amides is 1. The summed E-state index contributed by atoms with van der Waals surface area (Å²) in [5.74, 6) is 0.338. The van der Waals surface area contributed by atoms with Crippen molar-refractivity contribution in [3.8, 4) is 17.0 Å². The number of ether oxygens (including phenoxy) is 1. The average Bonchev–Trinajstić information content (AvgIpc) is 3.53. The van der Waals surface area contributed by atoms with Crippen molar-refractivity contribution in [2.75, 3.05) is 43.9 Å². The number of aromatic nitrogens is 3. The van der Waals surface area contributed by atoms with Crippen LogP contribution in [0.25, 0.3) is 22.0 Å². The maximum atomic E-state index is 13.2. The summed E-state index contributed by atoms with van der Waals surface area (Å²) in [6, 6.07) is 9.09. The van der Waals surface area contributed by atoms with Crippen molar-refractivity contribution in [3.63, 3.8) is 0 Å². The molecule has 1 N–H and O–H groups in total. The van der Waals surface area contributed by atoms with Gasteiger partial charge in [-0.15, -0.1) is 12.4 Å². The van der Waals surface area contributed by atoms with Crippen molar-refractivity contribution in [1.29, 1.82) is 0 Å². The van der Waals surface area contributed by atoms with Crippen molar-refractivity contribution in [3.05, 3.63) is 54.5 Å². The predicted octanol–water partition coefficient (Wildman–Crippen LogP) is 4.70. The lowest BCUT2D eigenvalue weighted by Gasteiger charge is -2.37. The van der Waals surface area contributed by atoms with E-state index in [9.17, 15) is 13.2 Å². The molecule has 1 spiro atoms. The van der Waals surface area contributed by atoms with Crippen LogP contribution in [-0.4, -0.2) is 67.9 Å². The van der Waals surface area contributed by atoms with Gasteiger partial charge in [0.2, 0.25) is 11.8 Å². The summed E-state index contributed by atoms with van der Waals surface area (Å²) in [6.45, 7) is 1.21. The molecule has 10 nitrogen and oxygen atoms in total. The van der Waals surface area contributed by atoms with Gasteiger partial charge in [-0.25, -0.2) is 13.4 Å². The number of rotatable bonds is 9. The number of likely N-dealkylation sites (N-methyl/N-ethyl adjacent to an activating group) is 1. The molecule has 6 rings (SSSR count). The zero-order valence-corrected chi connectivity index (χ0v) is 25.4. The number of hydrogen-bond acceptors (Lipinski definition) is 9. The largest absolute Gasteiger partial charge is 0.476 e. The highest BCUT2D eigenvalue weighted by Crippen LogP contribution is 2.55. The molecule has 4 aromatic rings. The van der Waals surface area contributed by atoms with Gasteiger partial charge in [0, 0.05) is 42.5 Å². The third-order valence-electron chi connectivity index (χ3n) is 7.71. The summed E-state index contributed by atoms with van der Waals surface area (Å²) in [5.41, 5.74) is 4.02. The predicted molar refractivity (Wildman–Crippen MR) is 163 cm³/mol. The van der Waals surface area contributed by atoms with Crippen LogP contribution >= 0.6 is 23.9 Å². The van der Waals surface area contributed by atoms with E-state index < -0.39 is 15.4 Å². The van der Waals surface area contributed by atoms with E-state index in [1.165, 1.54) is 12.3 Å². The molecule has 0 saturated heterocycles. The Morgan fingerprint density at radius 3 is 2.61 bits per heavy atom. The van der Waals surface area contributed by atoms with Gasteiger partial charge >= 0.3 is 0 Å². The Hall–Kier alpha value is -3.32. The van der Waals surface area contributed by atoms with E-state index in [0.29, 0.717) is 12.2 Å². The number of sulfonamides is 1. The third kappa shape index (κ3) is 5.14. The molecule has 2 aliphatic rings. The highest BCUT2D eigenvalue weighted by Gasteiger charge is 2.54. The van der Waals surface area contributed by atoms with Crippen LogP contribution < -0.4 is 14.4 Å². The first-order valence-corrected chi connectivity index (χ1v) is 15.4. The Morgan fingerprint density at radius 2 is 1.93 bits per heavy atom. The Morgan fingerprint density at radius 1 is 1.12 bits per heavy atom. The van der Waals surface area contributed by atoms with Crippen LogP contribution in [0.2, 0.25) is 0 Å². The topological polar surface area (TPSA) is 118 Å². The monoisotopic (exact) mass is 614 g/mol. The molecule has 1 amide bonds. The first-order chi connectivity index (χ1) is 19.2. The molecule has 0 unspecified atom stereocenters. The van der Waals surface area contributed by atoms with Gasteiger partial charge in [-0.1, -0.05) is 12.5 Å². The molecule has 1 fully saturated rings. The van der Waals surface area contributed by atoms with E-state index in [-0.39, 0.29) is 34.1 Å². The van der Waals surface area contributed by atoms with E-state index in [1.54, 1.807) is 23.4 Å². The number of benzene rings is 1. The number of carbonyl (C=O) groups is 1. The van der Waals surface area contributed by atoms with Crippen LogP contribution in [0, 0.1) is 0 Å². The molecule has 3 aromatic heterocycles. The average molecular weight is 615 g/mol. The fourth-order valence-electron chi connectivity index (χ4n) is 5.54. The van der Waals surface area contributed by atoms with Crippen molar-refractivity contribution in [2.45, 2.75) is 35.3 Å². The molecule has 0 atom stereocenters. The van der Waals surface area contributed by atoms with Gasteiger partial charge in [-0.05, 0) is 74.7 Å². The molecule has 0 bridgehead atoms. The molecule has 13 heteroatoms. The second-order valence-electron chi connectivity index (χ2n) is 10.6. The molecule has 1 aliphatic heterocycles. The minimum Gasteiger partial charge on any atom is -0.476 e. The van der Waals surface area contributed by atoms with E-state index in [0.717, 1.165) is 71.5 Å². The highest BCUT2D eigenvalue weighted by molar-refractivity contribution is 7.94. The molecular weight excluding hydrogens is 584 g/mol. The maximum absolute atomic E-state index is 13.2. The van der Waals surface area contributed by atoms with E-state index in [4.69, 9.17) is 4.74 Å². The van der Waals surface area contributed by atoms with Gasteiger partial charge in [0.1, 0.15) is 5.69 Å². The van der Waals surface area contributed by atoms with Crippen molar-refractivity contribution < 1.29 is 17.9 Å². The standard InChI is InChI=1S/C28H30N6O4S2.ClH/c1-33(2)12-5-13-38-26-22(32-40(36,37)24-8-11-31-39-24)15-19(16-30-26)18-6-7-21-20(14-18)25-23(17-29-21)34(3)27(35)28(25)9-4-10-28;/h6-8,11,14-17,32H,4-5,9-10,12-13H2,1-3H3;1H. The van der Waals surface area contributed by atoms with E-state index in [2.05, 4.69) is 24.0 Å². The molecule has 216 valence electrons. The van der Waals surface area contributed by atoms with Crippen molar-refractivity contribution in [1.82, 2.24) is 19.2 Å². The zero-order valence-electron chi connectivity index (χ0n) is 23.0. The van der Waals surface area contributed by atoms with Gasteiger partial charge in [0.25, 0.3) is 10.0 Å². The number of carbonyl (C=O) groups excluding carboxylic acids is 1. The summed E-state index contributed by atoms with van der Waals surface area (Å²) >= 11 is 0.895. The minimum atomic E-state index is -3.88. The molecule has 1 aromatic carbocycles. The lowest BCUT2D eigenvalue weighted by atomic mass is 9.64. The van der Waals surface area contributed by atoms with Gasteiger partial charge in [0.15, 0.2) is 4.21 Å². The number of pyridine rings is 2. The van der Waals surface area contributed by atoms with Crippen LogP contribution in [0.5, 0.6) is 5.88 Å². The SMILES string of the molecule is CN(C)CCCOc1ncc(-c2ccc3ncc4c(c3c2)C2(CCC2)C(=O)N4C)cc1NS(=O)(=O)c1ccns1.Cl. The summed E-state index contributed by atoms with van der Waals surface area (Å²) in [4.78, 5) is 26.2. The second kappa shape index (κ2) is 11.2. The zero-order chi connectivity index (χ0) is 28.1. The first kappa shape index (κ1) is 29.2. The fourth-order valence-corrected chi connectivity index (χ4v) is 7.31. The number of hydrogen-bond donors (Lipinski definition) is 1. The highest BCUT2D eigenvalue weighted by atomic mass is 35.5. The summed E-state index contributed by atoms with van der Waals surface area (Å²) in [7, 11) is 1.90. The lowest BCUT2D eigenvalue weighted by Crippen LogP contribution is -2.43. The van der Waals surface area contributed by atoms with Gasteiger partial charge in [0.05, 0.1) is 29.4 Å². The fraction of sp³-hybridized carbons (Fsp3) is 0.357. The normalized spacial score (nSPS) is 15.6. The first-order valence-electron chi connectivity index (χ1n) is 13.1. The molecule has 0 radical (unpaired) electrons. The van der Waals surface area contributed by atoms with Crippen LogP contribution in [-0.2, 0) is 20.2 Å². The lowest BCUT2D eigenvalue weighted by molar-refractivity contribution is -0.125.